The van der Waals surface area contributed by atoms with Gasteiger partial charge < -0.3 is 14.5 Å². The summed E-state index contributed by atoms with van der Waals surface area (Å²) in [4.78, 5) is 12.8. The van der Waals surface area contributed by atoms with Crippen LogP contribution >= 0.6 is 0 Å². The van der Waals surface area contributed by atoms with Crippen molar-refractivity contribution in [1.82, 2.24) is 15.5 Å². The van der Waals surface area contributed by atoms with Crippen molar-refractivity contribution in [2.24, 2.45) is 0 Å². The van der Waals surface area contributed by atoms with E-state index >= 15 is 0 Å². The van der Waals surface area contributed by atoms with E-state index in [1.165, 1.54) is 12.1 Å². The highest BCUT2D eigenvalue weighted by Crippen LogP contribution is 2.26. The maximum absolute atomic E-state index is 13.4. The van der Waals surface area contributed by atoms with Gasteiger partial charge in [-0.25, -0.2) is 4.39 Å². The fourth-order valence-electron chi connectivity index (χ4n) is 2.95. The molecule has 0 saturated carbocycles. The van der Waals surface area contributed by atoms with E-state index in [-0.39, 0.29) is 17.6 Å². The van der Waals surface area contributed by atoms with Gasteiger partial charge in [-0.05, 0) is 54.1 Å². The summed E-state index contributed by atoms with van der Waals surface area (Å²) in [6, 6.07) is 21.0. The first-order chi connectivity index (χ1) is 14.6. The second-order valence-corrected chi connectivity index (χ2v) is 6.50. The first kappa shape index (κ1) is 19.3. The molecular formula is C23H18FN3O3. The van der Waals surface area contributed by atoms with Crippen LogP contribution in [-0.4, -0.2) is 23.2 Å². The molecule has 1 atom stereocenters. The average molecular weight is 403 g/mol. The van der Waals surface area contributed by atoms with Gasteiger partial charge in [-0.15, -0.1) is 10.2 Å². The quantitative estimate of drug-likeness (QED) is 0.516. The lowest BCUT2D eigenvalue weighted by molar-refractivity contribution is 0.0938. The summed E-state index contributed by atoms with van der Waals surface area (Å²) in [5, 5.41) is 11.1. The van der Waals surface area contributed by atoms with Gasteiger partial charge in [0.15, 0.2) is 0 Å². The zero-order valence-corrected chi connectivity index (χ0v) is 16.1. The summed E-state index contributed by atoms with van der Waals surface area (Å²) in [5.74, 6) is 0.450. The third-order valence-corrected chi connectivity index (χ3v) is 4.54. The molecule has 4 rings (SSSR count). The molecule has 3 aromatic carbocycles. The smallest absolute Gasteiger partial charge is 0.252 e. The van der Waals surface area contributed by atoms with Crippen LogP contribution in [0.3, 0.4) is 0 Å². The standard InChI is InChI=1S/C23H18FN3O3/c1-29-19-13-9-16(10-14-19)21(28)25-20(15-7-11-18(24)12-8-15)23-27-26-22(30-23)17-5-3-2-4-6-17/h2-14,20H,1H3,(H,25,28)/t20-/m1/s1. The summed E-state index contributed by atoms with van der Waals surface area (Å²) in [6.07, 6.45) is 0. The summed E-state index contributed by atoms with van der Waals surface area (Å²) in [7, 11) is 1.56. The fourth-order valence-corrected chi connectivity index (χ4v) is 2.95. The molecule has 0 bridgehead atoms. The molecule has 1 heterocycles. The first-order valence-electron chi connectivity index (χ1n) is 9.23. The number of halogens is 1. The second kappa shape index (κ2) is 8.57. The predicted octanol–water partition coefficient (Wildman–Crippen LogP) is 4.40. The maximum atomic E-state index is 13.4. The highest BCUT2D eigenvalue weighted by atomic mass is 19.1. The van der Waals surface area contributed by atoms with Crippen molar-refractivity contribution in [3.8, 4) is 17.2 Å². The number of hydrogen-bond donors (Lipinski definition) is 1. The van der Waals surface area contributed by atoms with Gasteiger partial charge in [-0.1, -0.05) is 30.3 Å². The van der Waals surface area contributed by atoms with Gasteiger partial charge in [-0.2, -0.15) is 0 Å². The van der Waals surface area contributed by atoms with E-state index in [1.807, 2.05) is 30.3 Å². The molecule has 30 heavy (non-hydrogen) atoms. The van der Waals surface area contributed by atoms with E-state index in [0.29, 0.717) is 22.8 Å². The molecule has 150 valence electrons. The maximum Gasteiger partial charge on any atom is 0.252 e. The number of benzene rings is 3. The molecule has 0 spiro atoms. The Morgan fingerprint density at radius 2 is 1.67 bits per heavy atom. The number of nitrogens with one attached hydrogen (secondary N) is 1. The minimum Gasteiger partial charge on any atom is -0.497 e. The number of rotatable bonds is 6. The van der Waals surface area contributed by atoms with Crippen LogP contribution < -0.4 is 10.1 Å². The van der Waals surface area contributed by atoms with Crippen LogP contribution in [-0.2, 0) is 0 Å². The zero-order chi connectivity index (χ0) is 20.9. The van der Waals surface area contributed by atoms with Gasteiger partial charge in [-0.3, -0.25) is 4.79 Å². The van der Waals surface area contributed by atoms with E-state index in [2.05, 4.69) is 15.5 Å². The molecule has 4 aromatic rings. The van der Waals surface area contributed by atoms with E-state index in [0.717, 1.165) is 5.56 Å². The molecule has 0 radical (unpaired) electrons. The number of methoxy groups -OCH3 is 1. The third-order valence-electron chi connectivity index (χ3n) is 4.54. The van der Waals surface area contributed by atoms with Crippen molar-refractivity contribution < 1.29 is 18.3 Å². The number of carbonyl (C=O) groups is 1. The van der Waals surface area contributed by atoms with Gasteiger partial charge in [0.1, 0.15) is 17.6 Å². The Kier molecular flexibility index (Phi) is 5.52. The van der Waals surface area contributed by atoms with Crippen LogP contribution in [0.4, 0.5) is 4.39 Å². The lowest BCUT2D eigenvalue weighted by Gasteiger charge is -2.16. The Morgan fingerprint density at radius 1 is 0.967 bits per heavy atom. The highest BCUT2D eigenvalue weighted by molar-refractivity contribution is 5.94. The average Bonchev–Trinajstić information content (AvgIpc) is 3.29. The van der Waals surface area contributed by atoms with Gasteiger partial charge in [0.05, 0.1) is 7.11 Å². The Bertz CT molecular complexity index is 1130. The van der Waals surface area contributed by atoms with Crippen LogP contribution in [0.2, 0.25) is 0 Å². The fraction of sp³-hybridized carbons (Fsp3) is 0.0870. The van der Waals surface area contributed by atoms with Crippen LogP contribution in [0, 0.1) is 5.82 Å². The number of nitrogens with zero attached hydrogens (tertiary/aromatic N) is 2. The molecule has 1 amide bonds. The summed E-state index contributed by atoms with van der Waals surface area (Å²) < 4.78 is 24.4. The first-order valence-corrected chi connectivity index (χ1v) is 9.23. The highest BCUT2D eigenvalue weighted by Gasteiger charge is 2.24. The zero-order valence-electron chi connectivity index (χ0n) is 16.1. The number of aromatic nitrogens is 2. The number of amides is 1. The van der Waals surface area contributed by atoms with Gasteiger partial charge in [0.2, 0.25) is 11.8 Å². The molecule has 7 heteroatoms. The van der Waals surface area contributed by atoms with Crippen molar-refractivity contribution >= 4 is 5.91 Å². The Hall–Kier alpha value is -4.00. The molecular weight excluding hydrogens is 385 g/mol. The van der Waals surface area contributed by atoms with E-state index in [4.69, 9.17) is 9.15 Å². The number of hydrogen-bond acceptors (Lipinski definition) is 5. The topological polar surface area (TPSA) is 77.2 Å². The Morgan fingerprint density at radius 3 is 2.33 bits per heavy atom. The number of carbonyl (C=O) groups excluding carboxylic acids is 1. The monoisotopic (exact) mass is 403 g/mol. The van der Waals surface area contributed by atoms with E-state index in [1.54, 1.807) is 43.5 Å². The molecule has 1 N–H and O–H groups in total. The van der Waals surface area contributed by atoms with Crippen LogP contribution in [0.15, 0.2) is 83.3 Å². The molecule has 0 aliphatic heterocycles. The minimum atomic E-state index is -0.745. The van der Waals surface area contributed by atoms with Gasteiger partial charge >= 0.3 is 0 Å². The molecule has 0 aliphatic rings. The van der Waals surface area contributed by atoms with Crippen LogP contribution in [0.25, 0.3) is 11.5 Å². The van der Waals surface area contributed by atoms with Gasteiger partial charge in [0, 0.05) is 11.1 Å². The molecule has 0 saturated heterocycles. The normalized spacial score (nSPS) is 11.7. The largest absolute Gasteiger partial charge is 0.497 e. The number of ether oxygens (including phenoxy) is 1. The summed E-state index contributed by atoms with van der Waals surface area (Å²) >= 11 is 0. The SMILES string of the molecule is COc1ccc(C(=O)N[C@H](c2ccc(F)cc2)c2nnc(-c3ccccc3)o2)cc1. The van der Waals surface area contributed by atoms with Crippen LogP contribution in [0.1, 0.15) is 27.9 Å². The molecule has 0 aliphatic carbocycles. The third kappa shape index (κ3) is 4.20. The molecule has 1 aromatic heterocycles. The Balaban J connectivity index is 1.65. The summed E-state index contributed by atoms with van der Waals surface area (Å²) in [5.41, 5.74) is 1.81. The van der Waals surface area contributed by atoms with Crippen molar-refractivity contribution in [1.29, 1.82) is 0 Å². The Labute approximate surface area is 172 Å². The van der Waals surface area contributed by atoms with Crippen molar-refractivity contribution in [2.75, 3.05) is 7.11 Å². The summed E-state index contributed by atoms with van der Waals surface area (Å²) in [6.45, 7) is 0. The second-order valence-electron chi connectivity index (χ2n) is 6.50. The van der Waals surface area contributed by atoms with Gasteiger partial charge in [0.25, 0.3) is 5.91 Å². The molecule has 6 nitrogen and oxygen atoms in total. The van der Waals surface area contributed by atoms with E-state index in [9.17, 15) is 9.18 Å². The van der Waals surface area contributed by atoms with E-state index < -0.39 is 6.04 Å². The molecule has 0 fully saturated rings. The molecule has 0 unspecified atom stereocenters. The van der Waals surface area contributed by atoms with Crippen molar-refractivity contribution in [3.05, 3.63) is 102 Å². The lowest BCUT2D eigenvalue weighted by atomic mass is 10.1. The predicted molar refractivity (Wildman–Crippen MR) is 108 cm³/mol. The minimum absolute atomic E-state index is 0.197. The van der Waals surface area contributed by atoms with Crippen molar-refractivity contribution in [2.45, 2.75) is 6.04 Å². The lowest BCUT2D eigenvalue weighted by Crippen LogP contribution is -2.29. The van der Waals surface area contributed by atoms with Crippen molar-refractivity contribution in [3.63, 3.8) is 0 Å². The van der Waals surface area contributed by atoms with Crippen LogP contribution in [0.5, 0.6) is 5.75 Å².